The molecule has 1 N–H and O–H groups in total. The average molecular weight is 435 g/mol. The minimum atomic E-state index is -0.480. The standard InChI is InChI=1S/C20H23BrN2O4/c1-13-5-3-4-6-17(13)23-20(25)15(11-22)9-14-7-8-18(16(21)10-14)27-12-19(24)26-2/h7-10,13,17H,3-6,12H2,1-2H3,(H,23,25). The molecule has 1 aliphatic carbocycles. The van der Waals surface area contributed by atoms with Gasteiger partial charge in [-0.3, -0.25) is 4.79 Å². The first-order valence-electron chi connectivity index (χ1n) is 8.86. The molecule has 27 heavy (non-hydrogen) atoms. The van der Waals surface area contributed by atoms with Crippen molar-refractivity contribution >= 4 is 33.9 Å². The first-order chi connectivity index (χ1) is 12.9. The zero-order valence-corrected chi connectivity index (χ0v) is 17.0. The van der Waals surface area contributed by atoms with Crippen molar-refractivity contribution in [3.05, 3.63) is 33.8 Å². The zero-order chi connectivity index (χ0) is 19.8. The van der Waals surface area contributed by atoms with Gasteiger partial charge < -0.3 is 14.8 Å². The number of nitrogens with one attached hydrogen (secondary N) is 1. The molecule has 0 saturated heterocycles. The summed E-state index contributed by atoms with van der Waals surface area (Å²) < 4.78 is 10.5. The Kier molecular flexibility index (Phi) is 7.86. The normalized spacial score (nSPS) is 19.7. The molecule has 0 bridgehead atoms. The minimum absolute atomic E-state index is 0.0582. The van der Waals surface area contributed by atoms with E-state index in [-0.39, 0.29) is 24.1 Å². The summed E-state index contributed by atoms with van der Waals surface area (Å²) in [6.07, 6.45) is 5.87. The van der Waals surface area contributed by atoms with E-state index in [9.17, 15) is 14.9 Å². The van der Waals surface area contributed by atoms with Gasteiger partial charge in [-0.25, -0.2) is 4.79 Å². The van der Waals surface area contributed by atoms with Gasteiger partial charge in [0.15, 0.2) is 6.61 Å². The van der Waals surface area contributed by atoms with Gasteiger partial charge in [-0.05, 0) is 58.5 Å². The molecule has 144 valence electrons. The Morgan fingerprint density at radius 3 is 2.74 bits per heavy atom. The molecule has 2 atom stereocenters. The van der Waals surface area contributed by atoms with E-state index in [0.717, 1.165) is 19.3 Å². The van der Waals surface area contributed by atoms with E-state index in [4.69, 9.17) is 4.74 Å². The molecule has 2 unspecified atom stereocenters. The Morgan fingerprint density at radius 2 is 2.11 bits per heavy atom. The molecule has 2 rings (SSSR count). The molecule has 6 nitrogen and oxygen atoms in total. The average Bonchev–Trinajstić information content (AvgIpc) is 2.66. The number of carbonyl (C=O) groups is 2. The van der Waals surface area contributed by atoms with Gasteiger partial charge in [0.05, 0.1) is 11.6 Å². The number of hydrogen-bond donors (Lipinski definition) is 1. The number of amides is 1. The van der Waals surface area contributed by atoms with Gasteiger partial charge >= 0.3 is 5.97 Å². The van der Waals surface area contributed by atoms with Crippen LogP contribution in [0.5, 0.6) is 5.75 Å². The Morgan fingerprint density at radius 1 is 1.37 bits per heavy atom. The van der Waals surface area contributed by atoms with Gasteiger partial charge in [-0.1, -0.05) is 25.8 Å². The number of halogens is 1. The monoisotopic (exact) mass is 434 g/mol. The van der Waals surface area contributed by atoms with E-state index in [1.807, 2.05) is 6.07 Å². The van der Waals surface area contributed by atoms with Crippen molar-refractivity contribution in [3.8, 4) is 11.8 Å². The van der Waals surface area contributed by atoms with E-state index in [1.165, 1.54) is 19.6 Å². The van der Waals surface area contributed by atoms with Crippen molar-refractivity contribution in [2.75, 3.05) is 13.7 Å². The zero-order valence-electron chi connectivity index (χ0n) is 15.5. The molecule has 0 aliphatic heterocycles. The number of ether oxygens (including phenoxy) is 2. The van der Waals surface area contributed by atoms with Crippen molar-refractivity contribution in [3.63, 3.8) is 0 Å². The van der Waals surface area contributed by atoms with Gasteiger partial charge in [0.25, 0.3) is 5.91 Å². The fourth-order valence-electron chi connectivity index (χ4n) is 3.01. The lowest BCUT2D eigenvalue weighted by Crippen LogP contribution is -2.41. The molecule has 0 aromatic heterocycles. The topological polar surface area (TPSA) is 88.4 Å². The highest BCUT2D eigenvalue weighted by molar-refractivity contribution is 9.10. The third kappa shape index (κ3) is 6.10. The first kappa shape index (κ1) is 21.0. The van der Waals surface area contributed by atoms with Crippen LogP contribution in [0.4, 0.5) is 0 Å². The number of esters is 1. The Labute approximate surface area is 167 Å². The molecule has 1 aliphatic rings. The molecular formula is C20H23BrN2O4. The Bertz CT molecular complexity index is 770. The lowest BCUT2D eigenvalue weighted by molar-refractivity contribution is -0.142. The number of nitriles is 1. The summed E-state index contributed by atoms with van der Waals surface area (Å²) in [5.74, 6) is 0.0595. The van der Waals surface area contributed by atoms with Crippen molar-refractivity contribution in [2.24, 2.45) is 5.92 Å². The number of carbonyl (C=O) groups excluding carboxylic acids is 2. The van der Waals surface area contributed by atoms with Crippen LogP contribution in [0.15, 0.2) is 28.2 Å². The van der Waals surface area contributed by atoms with E-state index >= 15 is 0 Å². The first-order valence-corrected chi connectivity index (χ1v) is 9.65. The van der Waals surface area contributed by atoms with E-state index in [0.29, 0.717) is 21.7 Å². The SMILES string of the molecule is COC(=O)COc1ccc(C=C(C#N)C(=O)NC2CCCCC2C)cc1Br. The third-order valence-corrected chi connectivity index (χ3v) is 5.25. The minimum Gasteiger partial charge on any atom is -0.481 e. The molecule has 0 heterocycles. The molecule has 1 saturated carbocycles. The van der Waals surface area contributed by atoms with Crippen LogP contribution < -0.4 is 10.1 Å². The maximum absolute atomic E-state index is 12.5. The number of rotatable bonds is 6. The fourth-order valence-corrected chi connectivity index (χ4v) is 3.52. The predicted octanol–water partition coefficient (Wildman–Crippen LogP) is 3.60. The van der Waals surface area contributed by atoms with Crippen LogP contribution >= 0.6 is 15.9 Å². The Balaban J connectivity index is 2.07. The van der Waals surface area contributed by atoms with Gasteiger partial charge in [0, 0.05) is 6.04 Å². The van der Waals surface area contributed by atoms with Crippen LogP contribution in [0.25, 0.3) is 6.08 Å². The molecule has 1 aromatic rings. The molecule has 0 spiro atoms. The van der Waals surface area contributed by atoms with Crippen molar-refractivity contribution in [2.45, 2.75) is 38.6 Å². The van der Waals surface area contributed by atoms with Crippen LogP contribution in [-0.2, 0) is 14.3 Å². The van der Waals surface area contributed by atoms with E-state index in [1.54, 1.807) is 18.2 Å². The summed E-state index contributed by atoms with van der Waals surface area (Å²) in [7, 11) is 1.29. The summed E-state index contributed by atoms with van der Waals surface area (Å²) in [5, 5.41) is 12.4. The van der Waals surface area contributed by atoms with Crippen LogP contribution in [0, 0.1) is 17.2 Å². The van der Waals surface area contributed by atoms with Gasteiger partial charge in [-0.2, -0.15) is 5.26 Å². The van der Waals surface area contributed by atoms with Gasteiger partial charge in [-0.15, -0.1) is 0 Å². The summed E-state index contributed by atoms with van der Waals surface area (Å²) in [6.45, 7) is 1.93. The van der Waals surface area contributed by atoms with Gasteiger partial charge in [0.1, 0.15) is 17.4 Å². The molecule has 0 radical (unpaired) electrons. The number of benzene rings is 1. The highest BCUT2D eigenvalue weighted by atomic mass is 79.9. The summed E-state index contributed by atoms with van der Waals surface area (Å²) in [5.41, 5.74) is 0.735. The third-order valence-electron chi connectivity index (χ3n) is 4.63. The summed E-state index contributed by atoms with van der Waals surface area (Å²) in [6, 6.07) is 7.19. The number of hydrogen-bond acceptors (Lipinski definition) is 5. The van der Waals surface area contributed by atoms with Crippen LogP contribution in [0.1, 0.15) is 38.2 Å². The largest absolute Gasteiger partial charge is 0.481 e. The molecule has 7 heteroatoms. The second-order valence-corrected chi connectivity index (χ2v) is 7.42. The molecule has 1 fully saturated rings. The lowest BCUT2D eigenvalue weighted by atomic mass is 9.86. The fraction of sp³-hybridized carbons (Fsp3) is 0.450. The molecular weight excluding hydrogens is 412 g/mol. The van der Waals surface area contributed by atoms with Crippen molar-refractivity contribution in [1.82, 2.24) is 5.32 Å². The quantitative estimate of drug-likeness (QED) is 0.419. The predicted molar refractivity (Wildman–Crippen MR) is 105 cm³/mol. The second-order valence-electron chi connectivity index (χ2n) is 6.57. The second kappa shape index (κ2) is 10.1. The van der Waals surface area contributed by atoms with Crippen LogP contribution in [0.2, 0.25) is 0 Å². The lowest BCUT2D eigenvalue weighted by Gasteiger charge is -2.29. The molecule has 1 aromatic carbocycles. The highest BCUT2D eigenvalue weighted by Crippen LogP contribution is 2.27. The highest BCUT2D eigenvalue weighted by Gasteiger charge is 2.24. The van der Waals surface area contributed by atoms with E-state index in [2.05, 4.69) is 32.9 Å². The van der Waals surface area contributed by atoms with Crippen LogP contribution in [0.3, 0.4) is 0 Å². The maximum Gasteiger partial charge on any atom is 0.343 e. The summed E-state index contributed by atoms with van der Waals surface area (Å²) >= 11 is 3.37. The van der Waals surface area contributed by atoms with Crippen LogP contribution in [-0.4, -0.2) is 31.6 Å². The number of nitrogens with zero attached hydrogens (tertiary/aromatic N) is 1. The van der Waals surface area contributed by atoms with E-state index < -0.39 is 5.97 Å². The molecule has 1 amide bonds. The van der Waals surface area contributed by atoms with Gasteiger partial charge in [0.2, 0.25) is 0 Å². The smallest absolute Gasteiger partial charge is 0.343 e. The van der Waals surface area contributed by atoms with Crippen molar-refractivity contribution < 1.29 is 19.1 Å². The summed E-state index contributed by atoms with van der Waals surface area (Å²) in [4.78, 5) is 23.6. The Hall–Kier alpha value is -2.33. The number of methoxy groups -OCH3 is 1. The van der Waals surface area contributed by atoms with Crippen molar-refractivity contribution in [1.29, 1.82) is 5.26 Å². The maximum atomic E-state index is 12.5.